The summed E-state index contributed by atoms with van der Waals surface area (Å²) < 4.78 is 0. The van der Waals surface area contributed by atoms with E-state index in [4.69, 9.17) is 0 Å². The van der Waals surface area contributed by atoms with Crippen molar-refractivity contribution in [1.82, 2.24) is 20.3 Å². The van der Waals surface area contributed by atoms with Crippen LogP contribution in [0.3, 0.4) is 0 Å². The lowest BCUT2D eigenvalue weighted by Gasteiger charge is -2.28. The van der Waals surface area contributed by atoms with Gasteiger partial charge in [0.05, 0.1) is 5.69 Å². The molecule has 0 saturated heterocycles. The SMILES string of the molecule is Cc1nc(-c2ncccn2)sc1C(=O)N[C@@H](C)[C@H]1C[C@H]2CC[C@H]1C2. The van der Waals surface area contributed by atoms with Crippen LogP contribution in [0.4, 0.5) is 0 Å². The van der Waals surface area contributed by atoms with E-state index >= 15 is 0 Å². The molecule has 24 heavy (non-hydrogen) atoms. The summed E-state index contributed by atoms with van der Waals surface area (Å²) in [6.45, 7) is 4.03. The van der Waals surface area contributed by atoms with Crippen molar-refractivity contribution in [2.24, 2.45) is 17.8 Å². The Labute approximate surface area is 146 Å². The number of aromatic nitrogens is 3. The fraction of sp³-hybridized carbons (Fsp3) is 0.556. The van der Waals surface area contributed by atoms with Gasteiger partial charge < -0.3 is 5.32 Å². The summed E-state index contributed by atoms with van der Waals surface area (Å²) in [5, 5.41) is 3.92. The van der Waals surface area contributed by atoms with E-state index in [0.29, 0.717) is 21.6 Å². The molecule has 0 aromatic carbocycles. The van der Waals surface area contributed by atoms with Crippen LogP contribution in [-0.4, -0.2) is 26.9 Å². The van der Waals surface area contributed by atoms with Gasteiger partial charge in [-0.2, -0.15) is 0 Å². The highest BCUT2D eigenvalue weighted by atomic mass is 32.1. The molecule has 2 aliphatic rings. The molecule has 2 bridgehead atoms. The van der Waals surface area contributed by atoms with E-state index in [-0.39, 0.29) is 11.9 Å². The quantitative estimate of drug-likeness (QED) is 0.924. The summed E-state index contributed by atoms with van der Waals surface area (Å²) in [4.78, 5) is 26.3. The first-order valence-electron chi connectivity index (χ1n) is 8.67. The minimum atomic E-state index is -0.0116. The van der Waals surface area contributed by atoms with Gasteiger partial charge in [0.1, 0.15) is 4.88 Å². The van der Waals surface area contributed by atoms with Crippen LogP contribution < -0.4 is 5.32 Å². The van der Waals surface area contributed by atoms with E-state index in [1.165, 1.54) is 37.0 Å². The molecule has 1 amide bonds. The Morgan fingerprint density at radius 2 is 2.08 bits per heavy atom. The minimum Gasteiger partial charge on any atom is -0.349 e. The van der Waals surface area contributed by atoms with Gasteiger partial charge in [0.15, 0.2) is 10.8 Å². The highest BCUT2D eigenvalue weighted by molar-refractivity contribution is 7.17. The van der Waals surface area contributed by atoms with Gasteiger partial charge in [-0.15, -0.1) is 11.3 Å². The molecule has 2 aromatic rings. The molecule has 1 N–H and O–H groups in total. The van der Waals surface area contributed by atoms with Crippen LogP contribution in [-0.2, 0) is 0 Å². The van der Waals surface area contributed by atoms with Crippen LogP contribution in [0.25, 0.3) is 10.8 Å². The summed E-state index contributed by atoms with van der Waals surface area (Å²) in [6.07, 6.45) is 8.74. The Morgan fingerprint density at radius 1 is 1.29 bits per heavy atom. The summed E-state index contributed by atoms with van der Waals surface area (Å²) in [7, 11) is 0. The molecule has 0 radical (unpaired) electrons. The fourth-order valence-electron chi connectivity index (χ4n) is 4.40. The Kier molecular flexibility index (Phi) is 4.08. The van der Waals surface area contributed by atoms with Crippen molar-refractivity contribution in [3.63, 3.8) is 0 Å². The number of thiazole rings is 1. The van der Waals surface area contributed by atoms with Gasteiger partial charge in [0, 0.05) is 18.4 Å². The second kappa shape index (κ2) is 6.24. The zero-order valence-electron chi connectivity index (χ0n) is 14.0. The maximum Gasteiger partial charge on any atom is 0.263 e. The minimum absolute atomic E-state index is 0.0116. The molecule has 126 valence electrons. The maximum atomic E-state index is 12.7. The van der Waals surface area contributed by atoms with Gasteiger partial charge in [-0.1, -0.05) is 6.42 Å². The van der Waals surface area contributed by atoms with Crippen molar-refractivity contribution in [1.29, 1.82) is 0 Å². The zero-order valence-corrected chi connectivity index (χ0v) is 14.8. The highest BCUT2D eigenvalue weighted by Crippen LogP contribution is 2.49. The number of carbonyl (C=O) groups excluding carboxylic acids is 1. The first-order valence-corrected chi connectivity index (χ1v) is 9.49. The molecular weight excluding hydrogens is 320 g/mol. The van der Waals surface area contributed by atoms with Gasteiger partial charge in [0.25, 0.3) is 5.91 Å². The standard InChI is InChI=1S/C18H22N4OS/c1-10(14-9-12-4-5-13(14)8-12)21-17(23)15-11(2)22-18(24-15)16-19-6-3-7-20-16/h3,6-7,10,12-14H,4-5,8-9H2,1-2H3,(H,21,23)/t10-,12-,13-,14+/m0/s1. The number of aryl methyl sites for hydroxylation is 1. The summed E-state index contributed by atoms with van der Waals surface area (Å²) in [5.41, 5.74) is 0.750. The van der Waals surface area contributed by atoms with Crippen LogP contribution in [0, 0.1) is 24.7 Å². The molecule has 0 unspecified atom stereocenters. The molecule has 4 rings (SSSR count). The smallest absolute Gasteiger partial charge is 0.263 e. The second-order valence-electron chi connectivity index (χ2n) is 7.11. The molecule has 2 aromatic heterocycles. The third-order valence-corrected chi connectivity index (χ3v) is 6.71. The normalized spacial score (nSPS) is 26.5. The summed E-state index contributed by atoms with van der Waals surface area (Å²) >= 11 is 1.37. The number of nitrogens with one attached hydrogen (secondary N) is 1. The van der Waals surface area contributed by atoms with Crippen molar-refractivity contribution in [3.05, 3.63) is 29.0 Å². The molecule has 5 nitrogen and oxygen atoms in total. The van der Waals surface area contributed by atoms with Gasteiger partial charge in [-0.25, -0.2) is 15.0 Å². The maximum absolute atomic E-state index is 12.7. The van der Waals surface area contributed by atoms with E-state index < -0.39 is 0 Å². The van der Waals surface area contributed by atoms with E-state index in [1.807, 2.05) is 6.92 Å². The summed E-state index contributed by atoms with van der Waals surface area (Å²) in [5.74, 6) is 2.90. The zero-order chi connectivity index (χ0) is 16.7. The van der Waals surface area contributed by atoms with Crippen LogP contribution in [0.5, 0.6) is 0 Å². The lowest BCUT2D eigenvalue weighted by atomic mass is 9.84. The number of nitrogens with zero attached hydrogens (tertiary/aromatic N) is 3. The molecule has 2 heterocycles. The third-order valence-electron chi connectivity index (χ3n) is 5.55. The van der Waals surface area contributed by atoms with Crippen molar-refractivity contribution < 1.29 is 4.79 Å². The Hall–Kier alpha value is -1.82. The molecular formula is C18H22N4OS. The average molecular weight is 342 g/mol. The van der Waals surface area contributed by atoms with E-state index in [9.17, 15) is 4.79 Å². The largest absolute Gasteiger partial charge is 0.349 e. The lowest BCUT2D eigenvalue weighted by molar-refractivity contribution is 0.0918. The highest BCUT2D eigenvalue weighted by Gasteiger charge is 2.42. The number of hydrogen-bond donors (Lipinski definition) is 1. The lowest BCUT2D eigenvalue weighted by Crippen LogP contribution is -2.40. The predicted octanol–water partition coefficient (Wildman–Crippen LogP) is 3.46. The number of fused-ring (bicyclic) bond motifs is 2. The topological polar surface area (TPSA) is 67.8 Å². The number of rotatable bonds is 4. The second-order valence-corrected chi connectivity index (χ2v) is 8.11. The van der Waals surface area contributed by atoms with Crippen molar-refractivity contribution in [3.8, 4) is 10.8 Å². The molecule has 4 atom stereocenters. The number of hydrogen-bond acceptors (Lipinski definition) is 5. The Balaban J connectivity index is 1.47. The van der Waals surface area contributed by atoms with E-state index in [1.54, 1.807) is 18.5 Å². The molecule has 2 fully saturated rings. The van der Waals surface area contributed by atoms with Crippen LogP contribution in [0.15, 0.2) is 18.5 Å². The van der Waals surface area contributed by atoms with Gasteiger partial charge >= 0.3 is 0 Å². The Morgan fingerprint density at radius 3 is 2.75 bits per heavy atom. The average Bonchev–Trinajstić information content (AvgIpc) is 3.30. The van der Waals surface area contributed by atoms with Gasteiger partial charge in [-0.3, -0.25) is 4.79 Å². The predicted molar refractivity (Wildman–Crippen MR) is 93.7 cm³/mol. The Bertz CT molecular complexity index is 745. The van der Waals surface area contributed by atoms with Crippen molar-refractivity contribution >= 4 is 17.2 Å². The monoisotopic (exact) mass is 342 g/mol. The van der Waals surface area contributed by atoms with Crippen molar-refractivity contribution in [2.75, 3.05) is 0 Å². The van der Waals surface area contributed by atoms with Crippen LogP contribution >= 0.6 is 11.3 Å². The fourth-order valence-corrected chi connectivity index (χ4v) is 5.32. The summed E-state index contributed by atoms with van der Waals surface area (Å²) in [6, 6.07) is 2.00. The molecule has 0 spiro atoms. The van der Waals surface area contributed by atoms with Gasteiger partial charge in [-0.05, 0) is 56.9 Å². The van der Waals surface area contributed by atoms with Crippen LogP contribution in [0.2, 0.25) is 0 Å². The van der Waals surface area contributed by atoms with E-state index in [2.05, 4.69) is 27.2 Å². The van der Waals surface area contributed by atoms with Crippen LogP contribution in [0.1, 0.15) is 48.0 Å². The third kappa shape index (κ3) is 2.83. The molecule has 2 saturated carbocycles. The number of amides is 1. The first kappa shape index (κ1) is 15.7. The number of carbonyl (C=O) groups is 1. The molecule has 0 aliphatic heterocycles. The van der Waals surface area contributed by atoms with Gasteiger partial charge in [0.2, 0.25) is 0 Å². The first-order chi connectivity index (χ1) is 11.6. The molecule has 2 aliphatic carbocycles. The van der Waals surface area contributed by atoms with E-state index in [0.717, 1.165) is 17.5 Å². The van der Waals surface area contributed by atoms with Crippen molar-refractivity contribution in [2.45, 2.75) is 45.6 Å². The molecule has 6 heteroatoms.